The summed E-state index contributed by atoms with van der Waals surface area (Å²) in [5, 5.41) is 2.52. The second-order valence-electron chi connectivity index (χ2n) is 11.6. The molecule has 0 unspecified atom stereocenters. The molecule has 2 aromatic rings. The van der Waals surface area contributed by atoms with E-state index in [4.69, 9.17) is 0 Å². The van der Waals surface area contributed by atoms with Crippen LogP contribution in [0.3, 0.4) is 0 Å². The molecule has 1 aromatic heterocycles. The fourth-order valence-electron chi connectivity index (χ4n) is 5.55. The second kappa shape index (κ2) is 9.57. The minimum atomic E-state index is -3.44. The predicted molar refractivity (Wildman–Crippen MR) is 146 cm³/mol. The SMILES string of the molecule is Cc1cc(NC(=O)c2ccc(NS(=O)(=O)C3CC3)cc2N2CCC3(CC2)CC3)nc(N2CCC(F)(F)CC2)n1. The first-order valence-corrected chi connectivity index (χ1v) is 15.3. The van der Waals surface area contributed by atoms with Gasteiger partial charge in [-0.1, -0.05) is 0 Å². The lowest BCUT2D eigenvalue weighted by Crippen LogP contribution is -2.40. The van der Waals surface area contributed by atoms with Gasteiger partial charge in [0.05, 0.1) is 22.2 Å². The molecule has 0 atom stereocenters. The Hall–Kier alpha value is -3.02. The first-order valence-electron chi connectivity index (χ1n) is 13.7. The number of carbonyl (C=O) groups is 1. The van der Waals surface area contributed by atoms with Gasteiger partial charge in [-0.15, -0.1) is 0 Å². The number of aromatic nitrogens is 2. The zero-order valence-electron chi connectivity index (χ0n) is 22.0. The van der Waals surface area contributed by atoms with E-state index in [1.54, 1.807) is 36.1 Å². The summed E-state index contributed by atoms with van der Waals surface area (Å²) in [6.07, 6.45) is 5.41. The Morgan fingerprint density at radius 2 is 1.62 bits per heavy atom. The van der Waals surface area contributed by atoms with Crippen LogP contribution in [0, 0.1) is 12.3 Å². The van der Waals surface area contributed by atoms with Crippen molar-refractivity contribution in [2.75, 3.05) is 46.0 Å². The van der Waals surface area contributed by atoms with E-state index >= 15 is 0 Å². The average molecular weight is 561 g/mol. The van der Waals surface area contributed by atoms with Crippen molar-refractivity contribution >= 4 is 39.1 Å². The van der Waals surface area contributed by atoms with E-state index in [9.17, 15) is 22.0 Å². The molecule has 1 amide bonds. The number of nitrogens with zero attached hydrogens (tertiary/aromatic N) is 4. The van der Waals surface area contributed by atoms with Crippen LogP contribution in [0.4, 0.5) is 31.9 Å². The number of alkyl halides is 2. The molecule has 0 radical (unpaired) electrons. The Balaban J connectivity index is 1.24. The number of benzene rings is 1. The van der Waals surface area contributed by atoms with Crippen LogP contribution in [0.5, 0.6) is 0 Å². The quantitative estimate of drug-likeness (QED) is 0.511. The van der Waals surface area contributed by atoms with Gasteiger partial charge in [-0.3, -0.25) is 9.52 Å². The van der Waals surface area contributed by atoms with Crippen molar-refractivity contribution in [3.05, 3.63) is 35.5 Å². The molecule has 39 heavy (non-hydrogen) atoms. The zero-order valence-corrected chi connectivity index (χ0v) is 22.9. The highest BCUT2D eigenvalue weighted by molar-refractivity contribution is 7.93. The van der Waals surface area contributed by atoms with Crippen LogP contribution in [0.2, 0.25) is 0 Å². The fraction of sp³-hybridized carbons (Fsp3) is 0.593. The lowest BCUT2D eigenvalue weighted by atomic mass is 9.93. The lowest BCUT2D eigenvalue weighted by Gasteiger charge is -2.35. The Morgan fingerprint density at radius 1 is 0.949 bits per heavy atom. The Morgan fingerprint density at radius 3 is 2.26 bits per heavy atom. The molecular formula is C27H34F2N6O3S. The summed E-state index contributed by atoms with van der Waals surface area (Å²) in [6.45, 7) is 3.66. The standard InChI is InChI=1S/C27H34F2N6O3S/c1-18-16-23(32-25(30-18)35-14-10-27(28,29)11-15-35)31-24(36)21-5-2-19(33-39(37,38)20-3-4-20)17-22(21)34-12-8-26(6-7-26)9-13-34/h2,5,16-17,20,33H,3-4,6-15H2,1H3,(H,30,31,32,36). The Bertz CT molecular complexity index is 1370. The third-order valence-corrected chi connectivity index (χ3v) is 10.3. The molecule has 1 spiro atoms. The van der Waals surface area contributed by atoms with Crippen molar-refractivity contribution in [2.24, 2.45) is 5.41 Å². The maximum absolute atomic E-state index is 13.6. The normalized spacial score (nSPS) is 22.0. The van der Waals surface area contributed by atoms with Crippen molar-refractivity contribution in [1.82, 2.24) is 9.97 Å². The van der Waals surface area contributed by atoms with Crippen molar-refractivity contribution in [3.63, 3.8) is 0 Å². The van der Waals surface area contributed by atoms with Gasteiger partial charge in [0.15, 0.2) is 0 Å². The molecule has 2 saturated heterocycles. The summed E-state index contributed by atoms with van der Waals surface area (Å²) < 4.78 is 55.1. The average Bonchev–Trinajstić information content (AvgIpc) is 3.80. The van der Waals surface area contributed by atoms with Crippen molar-refractivity contribution in [2.45, 2.75) is 69.5 Å². The largest absolute Gasteiger partial charge is 0.371 e. The Kier molecular flexibility index (Phi) is 6.43. The van der Waals surface area contributed by atoms with Crippen molar-refractivity contribution in [3.8, 4) is 0 Å². The molecule has 3 heterocycles. The number of piperidine rings is 2. The van der Waals surface area contributed by atoms with E-state index in [-0.39, 0.29) is 37.1 Å². The molecule has 1 aromatic carbocycles. The number of amides is 1. The van der Waals surface area contributed by atoms with Crippen LogP contribution in [0.25, 0.3) is 0 Å². The summed E-state index contributed by atoms with van der Waals surface area (Å²) in [5.74, 6) is -2.44. The van der Waals surface area contributed by atoms with Crippen LogP contribution in [0.1, 0.15) is 67.4 Å². The van der Waals surface area contributed by atoms with E-state index in [0.717, 1.165) is 25.9 Å². The predicted octanol–water partition coefficient (Wildman–Crippen LogP) is 4.56. The van der Waals surface area contributed by atoms with Crippen molar-refractivity contribution < 1.29 is 22.0 Å². The number of rotatable bonds is 7. The van der Waals surface area contributed by atoms with Crippen molar-refractivity contribution in [1.29, 1.82) is 0 Å². The van der Waals surface area contributed by atoms with Gasteiger partial charge in [-0.2, -0.15) is 4.98 Å². The second-order valence-corrected chi connectivity index (χ2v) is 13.5. The molecule has 4 aliphatic rings. The van der Waals surface area contributed by atoms with Crippen LogP contribution < -0.4 is 19.8 Å². The van der Waals surface area contributed by atoms with Gasteiger partial charge < -0.3 is 15.1 Å². The number of anilines is 4. The summed E-state index contributed by atoms with van der Waals surface area (Å²) in [5.41, 5.74) is 2.61. The minimum Gasteiger partial charge on any atom is -0.371 e. The fourth-order valence-corrected chi connectivity index (χ4v) is 6.93. The van der Waals surface area contributed by atoms with Gasteiger partial charge >= 0.3 is 0 Å². The number of aryl methyl sites for hydroxylation is 1. The van der Waals surface area contributed by atoms with Gasteiger partial charge in [0.1, 0.15) is 5.82 Å². The summed E-state index contributed by atoms with van der Waals surface area (Å²) >= 11 is 0. The van der Waals surface area contributed by atoms with Gasteiger partial charge in [0, 0.05) is 50.8 Å². The molecule has 2 N–H and O–H groups in total. The number of carbonyl (C=O) groups excluding carboxylic acids is 1. The highest BCUT2D eigenvalue weighted by Crippen LogP contribution is 2.54. The van der Waals surface area contributed by atoms with Crippen LogP contribution in [0.15, 0.2) is 24.3 Å². The number of nitrogens with one attached hydrogen (secondary N) is 2. The van der Waals surface area contributed by atoms with E-state index < -0.39 is 15.9 Å². The maximum atomic E-state index is 13.6. The minimum absolute atomic E-state index is 0.142. The van der Waals surface area contributed by atoms with Gasteiger partial charge in [-0.05, 0) is 69.1 Å². The van der Waals surface area contributed by atoms with Gasteiger partial charge in [0.2, 0.25) is 16.0 Å². The molecule has 4 fully saturated rings. The molecule has 2 aliphatic heterocycles. The molecule has 12 heteroatoms. The van der Waals surface area contributed by atoms with Crippen LogP contribution in [-0.4, -0.2) is 61.6 Å². The molecule has 0 bridgehead atoms. The summed E-state index contributed by atoms with van der Waals surface area (Å²) in [7, 11) is -3.44. The smallest absolute Gasteiger partial charge is 0.258 e. The molecule has 2 aliphatic carbocycles. The van der Waals surface area contributed by atoms with Crippen LogP contribution >= 0.6 is 0 Å². The Labute approximate surface area is 227 Å². The molecule has 2 saturated carbocycles. The number of halogens is 2. The van der Waals surface area contributed by atoms with E-state index in [1.807, 2.05) is 0 Å². The van der Waals surface area contributed by atoms with Crippen LogP contribution in [-0.2, 0) is 10.0 Å². The molecule has 210 valence electrons. The first-order chi connectivity index (χ1) is 18.5. The number of hydrogen-bond donors (Lipinski definition) is 2. The number of sulfonamides is 1. The first kappa shape index (κ1) is 26.2. The maximum Gasteiger partial charge on any atom is 0.258 e. The van der Waals surface area contributed by atoms with E-state index in [0.29, 0.717) is 52.7 Å². The topological polar surface area (TPSA) is 108 Å². The molecule has 6 rings (SSSR count). The zero-order chi connectivity index (χ0) is 27.4. The molecular weight excluding hydrogens is 526 g/mol. The molecule has 9 nitrogen and oxygen atoms in total. The van der Waals surface area contributed by atoms with Gasteiger partial charge in [-0.25, -0.2) is 22.2 Å². The monoisotopic (exact) mass is 560 g/mol. The van der Waals surface area contributed by atoms with E-state index in [1.165, 1.54) is 12.8 Å². The highest BCUT2D eigenvalue weighted by Gasteiger charge is 2.45. The third-order valence-electron chi connectivity index (χ3n) is 8.45. The lowest BCUT2D eigenvalue weighted by molar-refractivity contribution is -0.0222. The number of hydrogen-bond acceptors (Lipinski definition) is 7. The summed E-state index contributed by atoms with van der Waals surface area (Å²) in [4.78, 5) is 26.3. The van der Waals surface area contributed by atoms with Gasteiger partial charge in [0.25, 0.3) is 11.8 Å². The summed E-state index contributed by atoms with van der Waals surface area (Å²) in [6, 6.07) is 6.67. The third kappa shape index (κ3) is 5.80. The van der Waals surface area contributed by atoms with E-state index in [2.05, 4.69) is 24.9 Å². The highest BCUT2D eigenvalue weighted by atomic mass is 32.2.